The molecule has 1 rings (SSSR count). The molecule has 0 aromatic carbocycles. The van der Waals surface area contributed by atoms with Crippen molar-refractivity contribution < 1.29 is 9.53 Å². The van der Waals surface area contributed by atoms with Crippen LogP contribution in [0.25, 0.3) is 0 Å². The fourth-order valence-corrected chi connectivity index (χ4v) is 3.07. The van der Waals surface area contributed by atoms with E-state index in [0.29, 0.717) is 17.6 Å². The Morgan fingerprint density at radius 2 is 2.13 bits per heavy atom. The number of nitrogens with two attached hydrogens (primary N) is 1. The molecule has 1 fully saturated rings. The summed E-state index contributed by atoms with van der Waals surface area (Å²) in [5.41, 5.74) is 5.10. The Hall–Kier alpha value is -0.220. The summed E-state index contributed by atoms with van der Waals surface area (Å²) >= 11 is 1.82. The van der Waals surface area contributed by atoms with Gasteiger partial charge >= 0.3 is 5.97 Å². The molecule has 0 heterocycles. The molecule has 1 unspecified atom stereocenters. The van der Waals surface area contributed by atoms with Gasteiger partial charge in [0.15, 0.2) is 0 Å². The maximum Gasteiger partial charge on any atom is 0.326 e. The molecule has 1 saturated carbocycles. The van der Waals surface area contributed by atoms with Gasteiger partial charge in [-0.2, -0.15) is 11.8 Å². The van der Waals surface area contributed by atoms with Gasteiger partial charge in [0.2, 0.25) is 0 Å². The maximum atomic E-state index is 11.5. The maximum absolute atomic E-state index is 11.5. The van der Waals surface area contributed by atoms with Gasteiger partial charge in [-0.1, -0.05) is 12.8 Å². The van der Waals surface area contributed by atoms with Gasteiger partial charge in [0.25, 0.3) is 0 Å². The van der Waals surface area contributed by atoms with Crippen molar-refractivity contribution in [3.8, 4) is 0 Å². The van der Waals surface area contributed by atoms with E-state index in [-0.39, 0.29) is 5.97 Å². The molecule has 1 aliphatic rings. The number of hydrogen-bond acceptors (Lipinski definition) is 4. The molecule has 2 N–H and O–H groups in total. The lowest BCUT2D eigenvalue weighted by Gasteiger charge is -2.23. The van der Waals surface area contributed by atoms with Crippen LogP contribution in [0.15, 0.2) is 0 Å². The molecule has 0 amide bonds. The van der Waals surface area contributed by atoms with Crippen molar-refractivity contribution in [2.75, 3.05) is 12.4 Å². The number of carbonyl (C=O) groups excluding carboxylic acids is 1. The average molecular weight is 231 g/mol. The largest absolute Gasteiger partial charge is 0.465 e. The van der Waals surface area contributed by atoms with Gasteiger partial charge in [-0.3, -0.25) is 4.79 Å². The molecule has 0 saturated heterocycles. The molecule has 0 aliphatic heterocycles. The molecule has 15 heavy (non-hydrogen) atoms. The Bertz CT molecular complexity index is 213. The van der Waals surface area contributed by atoms with Crippen molar-refractivity contribution in [2.45, 2.75) is 50.3 Å². The van der Waals surface area contributed by atoms with Crippen LogP contribution in [-0.2, 0) is 9.53 Å². The summed E-state index contributed by atoms with van der Waals surface area (Å²) in [6.07, 6.45) is 5.17. The number of ether oxygens (including phenoxy) is 1. The molecular formula is C11H21NO2S. The van der Waals surface area contributed by atoms with E-state index in [4.69, 9.17) is 10.5 Å². The smallest absolute Gasteiger partial charge is 0.326 e. The topological polar surface area (TPSA) is 52.3 Å². The average Bonchev–Trinajstić information content (AvgIpc) is 2.68. The van der Waals surface area contributed by atoms with Gasteiger partial charge in [-0.15, -0.1) is 0 Å². The minimum absolute atomic E-state index is 0.282. The standard InChI is InChI=1S/C11H21NO2S/c1-3-14-10(13)11(2,12)8-15-9-6-4-5-7-9/h9H,3-8,12H2,1-2H3. The van der Waals surface area contributed by atoms with Crippen molar-refractivity contribution in [3.05, 3.63) is 0 Å². The summed E-state index contributed by atoms with van der Waals surface area (Å²) in [5, 5.41) is 0.697. The molecule has 0 spiro atoms. The third-order valence-electron chi connectivity index (χ3n) is 2.66. The van der Waals surface area contributed by atoms with Crippen LogP contribution in [0, 0.1) is 0 Å². The molecule has 3 nitrogen and oxygen atoms in total. The van der Waals surface area contributed by atoms with E-state index in [2.05, 4.69) is 0 Å². The zero-order valence-corrected chi connectivity index (χ0v) is 10.4. The number of thioether (sulfide) groups is 1. The Kier molecular flexibility index (Phi) is 4.93. The fourth-order valence-electron chi connectivity index (χ4n) is 1.70. The second-order valence-corrected chi connectivity index (χ2v) is 5.64. The van der Waals surface area contributed by atoms with Crippen LogP contribution in [0.1, 0.15) is 39.5 Å². The second kappa shape index (κ2) is 5.75. The van der Waals surface area contributed by atoms with E-state index >= 15 is 0 Å². The predicted octanol–water partition coefficient (Wildman–Crippen LogP) is 1.94. The highest BCUT2D eigenvalue weighted by atomic mass is 32.2. The predicted molar refractivity (Wildman–Crippen MR) is 63.9 cm³/mol. The van der Waals surface area contributed by atoms with E-state index in [1.54, 1.807) is 13.8 Å². The summed E-state index contributed by atoms with van der Waals surface area (Å²) in [4.78, 5) is 11.5. The van der Waals surface area contributed by atoms with Crippen molar-refractivity contribution in [2.24, 2.45) is 5.73 Å². The minimum Gasteiger partial charge on any atom is -0.465 e. The SMILES string of the molecule is CCOC(=O)C(C)(N)CSC1CCCC1. The first-order valence-electron chi connectivity index (χ1n) is 5.64. The van der Waals surface area contributed by atoms with Gasteiger partial charge < -0.3 is 10.5 Å². The molecule has 0 aromatic heterocycles. The molecule has 1 aliphatic carbocycles. The van der Waals surface area contributed by atoms with Crippen LogP contribution in [0.3, 0.4) is 0 Å². The van der Waals surface area contributed by atoms with Crippen LogP contribution in [-0.4, -0.2) is 29.1 Å². The Balaban J connectivity index is 2.30. The van der Waals surface area contributed by atoms with Crippen molar-refractivity contribution >= 4 is 17.7 Å². The van der Waals surface area contributed by atoms with Gasteiger partial charge in [-0.25, -0.2) is 0 Å². The monoisotopic (exact) mass is 231 g/mol. The third kappa shape index (κ3) is 4.03. The molecule has 0 bridgehead atoms. The fraction of sp³-hybridized carbons (Fsp3) is 0.909. The van der Waals surface area contributed by atoms with Crippen LogP contribution < -0.4 is 5.73 Å². The van der Waals surface area contributed by atoms with Crippen molar-refractivity contribution in [1.29, 1.82) is 0 Å². The van der Waals surface area contributed by atoms with Gasteiger partial charge in [-0.05, 0) is 26.7 Å². The molecular weight excluding hydrogens is 210 g/mol. The summed E-state index contributed by atoms with van der Waals surface area (Å²) in [6, 6.07) is 0. The second-order valence-electron chi connectivity index (χ2n) is 4.36. The highest BCUT2D eigenvalue weighted by Crippen LogP contribution is 2.31. The molecule has 1 atom stereocenters. The summed E-state index contributed by atoms with van der Waals surface area (Å²) in [6.45, 7) is 3.96. The van der Waals surface area contributed by atoms with Crippen LogP contribution in [0.2, 0.25) is 0 Å². The highest BCUT2D eigenvalue weighted by Gasteiger charge is 2.31. The van der Waals surface area contributed by atoms with Gasteiger partial charge in [0, 0.05) is 11.0 Å². The quantitative estimate of drug-likeness (QED) is 0.735. The number of carbonyl (C=O) groups is 1. The number of hydrogen-bond donors (Lipinski definition) is 1. The lowest BCUT2D eigenvalue weighted by atomic mass is 10.1. The van der Waals surface area contributed by atoms with Crippen LogP contribution >= 0.6 is 11.8 Å². The third-order valence-corrected chi connectivity index (χ3v) is 4.37. The summed E-state index contributed by atoms with van der Waals surface area (Å²) in [5.74, 6) is 0.381. The molecule has 0 aromatic rings. The number of esters is 1. The van der Waals surface area contributed by atoms with Crippen LogP contribution in [0.5, 0.6) is 0 Å². The zero-order chi connectivity index (χ0) is 11.3. The van der Waals surface area contributed by atoms with Crippen LogP contribution in [0.4, 0.5) is 0 Å². The van der Waals surface area contributed by atoms with E-state index in [0.717, 1.165) is 0 Å². The zero-order valence-electron chi connectivity index (χ0n) is 9.62. The minimum atomic E-state index is -0.830. The van der Waals surface area contributed by atoms with Gasteiger partial charge in [0.1, 0.15) is 5.54 Å². The molecule has 4 heteroatoms. The number of rotatable bonds is 5. The van der Waals surface area contributed by atoms with E-state index in [9.17, 15) is 4.79 Å². The van der Waals surface area contributed by atoms with E-state index in [1.807, 2.05) is 11.8 Å². The first-order valence-corrected chi connectivity index (χ1v) is 6.69. The van der Waals surface area contributed by atoms with Gasteiger partial charge in [0.05, 0.1) is 6.61 Å². The summed E-state index contributed by atoms with van der Waals surface area (Å²) < 4.78 is 4.94. The highest BCUT2D eigenvalue weighted by molar-refractivity contribution is 8.00. The lowest BCUT2D eigenvalue weighted by Crippen LogP contribution is -2.48. The Morgan fingerprint density at radius 3 is 2.67 bits per heavy atom. The first kappa shape index (κ1) is 12.8. The normalized spacial score (nSPS) is 21.3. The Morgan fingerprint density at radius 1 is 1.53 bits per heavy atom. The lowest BCUT2D eigenvalue weighted by molar-refractivity contribution is -0.148. The first-order chi connectivity index (χ1) is 7.06. The van der Waals surface area contributed by atoms with Crippen molar-refractivity contribution in [3.63, 3.8) is 0 Å². The van der Waals surface area contributed by atoms with E-state index in [1.165, 1.54) is 25.7 Å². The summed E-state index contributed by atoms with van der Waals surface area (Å²) in [7, 11) is 0. The molecule has 88 valence electrons. The molecule has 0 radical (unpaired) electrons. The van der Waals surface area contributed by atoms with Crippen molar-refractivity contribution in [1.82, 2.24) is 0 Å². The van der Waals surface area contributed by atoms with E-state index < -0.39 is 5.54 Å². The Labute approximate surface area is 96.1 Å².